The van der Waals surface area contributed by atoms with Gasteiger partial charge in [0.05, 0.1) is 0 Å². The highest BCUT2D eigenvalue weighted by Gasteiger charge is 2.26. The molecule has 0 saturated carbocycles. The van der Waals surface area contributed by atoms with Crippen LogP contribution in [0.4, 0.5) is 15.8 Å². The van der Waals surface area contributed by atoms with Gasteiger partial charge in [-0.25, -0.2) is 4.39 Å². The molecule has 0 amide bonds. The zero-order chi connectivity index (χ0) is 18.3. The minimum Gasteiger partial charge on any atom is -0.344 e. The highest BCUT2D eigenvalue weighted by molar-refractivity contribution is 8.03. The monoisotopic (exact) mass is 361 g/mol. The summed E-state index contributed by atoms with van der Waals surface area (Å²) in [5, 5.41) is 0. The molecular weight excluding hydrogens is 341 g/mol. The van der Waals surface area contributed by atoms with Gasteiger partial charge in [-0.2, -0.15) is 0 Å². The Morgan fingerprint density at radius 3 is 2.27 bits per heavy atom. The lowest BCUT2D eigenvalue weighted by atomic mass is 9.89. The first-order valence-electron chi connectivity index (χ1n) is 8.63. The summed E-state index contributed by atoms with van der Waals surface area (Å²) in [6.07, 6.45) is 0. The van der Waals surface area contributed by atoms with E-state index >= 15 is 0 Å². The molecule has 0 radical (unpaired) electrons. The van der Waals surface area contributed by atoms with Gasteiger partial charge in [0, 0.05) is 40.0 Å². The maximum absolute atomic E-state index is 14.1. The Morgan fingerprint density at radius 2 is 1.54 bits per heavy atom. The van der Waals surface area contributed by atoms with Crippen LogP contribution in [0.25, 0.3) is 5.57 Å². The Hall–Kier alpha value is -2.52. The Labute approximate surface area is 158 Å². The van der Waals surface area contributed by atoms with Crippen LogP contribution in [0.1, 0.15) is 23.6 Å². The van der Waals surface area contributed by atoms with Gasteiger partial charge in [0.15, 0.2) is 0 Å². The second-order valence-electron chi connectivity index (χ2n) is 6.59. The van der Waals surface area contributed by atoms with Crippen molar-refractivity contribution in [3.05, 3.63) is 94.1 Å². The summed E-state index contributed by atoms with van der Waals surface area (Å²) >= 11 is 1.73. The van der Waals surface area contributed by atoms with E-state index in [0.717, 1.165) is 28.1 Å². The number of hydrogen-bond acceptors (Lipinski definition) is 2. The van der Waals surface area contributed by atoms with Gasteiger partial charge in [-0.15, -0.1) is 0 Å². The van der Waals surface area contributed by atoms with E-state index in [-0.39, 0.29) is 5.82 Å². The van der Waals surface area contributed by atoms with Gasteiger partial charge in [0.2, 0.25) is 0 Å². The topological polar surface area (TPSA) is 3.24 Å². The van der Waals surface area contributed by atoms with Gasteiger partial charge < -0.3 is 4.90 Å². The third-order valence-corrected chi connectivity index (χ3v) is 5.76. The maximum atomic E-state index is 14.1. The van der Waals surface area contributed by atoms with Crippen LogP contribution < -0.4 is 4.90 Å². The molecule has 0 aromatic heterocycles. The SMILES string of the molecule is C/C(Sc1ccccc1)=C1/c2cc(C)ccc2N(C)c2ccc(F)cc21. The fraction of sp³-hybridized carbons (Fsp3) is 0.130. The van der Waals surface area contributed by atoms with Crippen molar-refractivity contribution in [2.75, 3.05) is 11.9 Å². The van der Waals surface area contributed by atoms with E-state index in [2.05, 4.69) is 49.1 Å². The van der Waals surface area contributed by atoms with Crippen LogP contribution in [0, 0.1) is 12.7 Å². The van der Waals surface area contributed by atoms with Crippen LogP contribution in [-0.4, -0.2) is 7.05 Å². The van der Waals surface area contributed by atoms with E-state index in [9.17, 15) is 4.39 Å². The van der Waals surface area contributed by atoms with Crippen LogP contribution in [0.3, 0.4) is 0 Å². The Balaban J connectivity index is 1.96. The lowest BCUT2D eigenvalue weighted by molar-refractivity contribution is 0.627. The Bertz CT molecular complexity index is 952. The fourth-order valence-electron chi connectivity index (χ4n) is 3.51. The minimum atomic E-state index is -0.205. The third-order valence-electron chi connectivity index (χ3n) is 4.74. The molecule has 1 aliphatic heterocycles. The molecule has 3 heteroatoms. The molecule has 3 aromatic rings. The number of benzene rings is 3. The van der Waals surface area contributed by atoms with Gasteiger partial charge in [0.1, 0.15) is 5.82 Å². The number of thioether (sulfide) groups is 1. The van der Waals surface area contributed by atoms with Crippen LogP contribution in [-0.2, 0) is 0 Å². The summed E-state index contributed by atoms with van der Waals surface area (Å²) in [7, 11) is 2.04. The Morgan fingerprint density at radius 1 is 0.885 bits per heavy atom. The van der Waals surface area contributed by atoms with E-state index in [1.54, 1.807) is 17.8 Å². The zero-order valence-corrected chi connectivity index (χ0v) is 15.9. The van der Waals surface area contributed by atoms with E-state index in [0.29, 0.717) is 0 Å². The standard InChI is InChI=1S/C23H20FNS/c1-15-9-11-21-19(13-15)23(16(2)26-18-7-5-4-6-8-18)20-14-17(24)10-12-22(20)25(21)3/h4-14H,1-3H3/b23-16+. The summed E-state index contributed by atoms with van der Waals surface area (Å²) in [6.45, 7) is 4.22. The van der Waals surface area contributed by atoms with Crippen LogP contribution in [0.2, 0.25) is 0 Å². The number of anilines is 2. The smallest absolute Gasteiger partial charge is 0.123 e. The van der Waals surface area contributed by atoms with Crippen LogP contribution in [0.5, 0.6) is 0 Å². The van der Waals surface area contributed by atoms with Crippen LogP contribution in [0.15, 0.2) is 76.5 Å². The molecule has 3 aromatic carbocycles. The molecule has 0 atom stereocenters. The summed E-state index contributed by atoms with van der Waals surface area (Å²) in [4.78, 5) is 4.50. The van der Waals surface area contributed by atoms with E-state index in [1.807, 2.05) is 31.3 Å². The number of nitrogens with zero attached hydrogens (tertiary/aromatic N) is 1. The summed E-state index contributed by atoms with van der Waals surface area (Å²) in [5.41, 5.74) is 6.61. The molecule has 4 rings (SSSR count). The van der Waals surface area contributed by atoms with Crippen molar-refractivity contribution in [3.8, 4) is 0 Å². The van der Waals surface area contributed by atoms with Crippen molar-refractivity contribution in [2.45, 2.75) is 18.7 Å². The molecule has 130 valence electrons. The zero-order valence-electron chi connectivity index (χ0n) is 15.1. The highest BCUT2D eigenvalue weighted by Crippen LogP contribution is 2.48. The van der Waals surface area contributed by atoms with Gasteiger partial charge in [-0.1, -0.05) is 41.6 Å². The van der Waals surface area contributed by atoms with Crippen molar-refractivity contribution in [1.29, 1.82) is 0 Å². The van der Waals surface area contributed by atoms with Gasteiger partial charge in [-0.3, -0.25) is 0 Å². The lowest BCUT2D eigenvalue weighted by Gasteiger charge is -2.33. The molecule has 0 aliphatic carbocycles. The number of aryl methyl sites for hydroxylation is 1. The number of fused-ring (bicyclic) bond motifs is 2. The molecule has 0 unspecified atom stereocenters. The molecule has 1 aliphatic rings. The van der Waals surface area contributed by atoms with E-state index in [1.165, 1.54) is 21.4 Å². The first kappa shape index (κ1) is 16.9. The molecular formula is C23H20FNS. The third kappa shape index (κ3) is 2.93. The Kier molecular flexibility index (Phi) is 4.33. The average molecular weight is 361 g/mol. The second kappa shape index (κ2) is 6.65. The van der Waals surface area contributed by atoms with Crippen molar-refractivity contribution >= 4 is 28.7 Å². The first-order chi connectivity index (χ1) is 12.5. The predicted octanol–water partition coefficient (Wildman–Crippen LogP) is 6.79. The van der Waals surface area contributed by atoms with Crippen LogP contribution >= 0.6 is 11.8 Å². The fourth-order valence-corrected chi connectivity index (χ4v) is 4.48. The van der Waals surface area contributed by atoms with Crippen molar-refractivity contribution in [3.63, 3.8) is 0 Å². The number of allylic oxidation sites excluding steroid dienone is 1. The number of rotatable bonds is 2. The lowest BCUT2D eigenvalue weighted by Crippen LogP contribution is -2.18. The number of halogens is 1. The minimum absolute atomic E-state index is 0.205. The van der Waals surface area contributed by atoms with Crippen molar-refractivity contribution in [1.82, 2.24) is 0 Å². The largest absolute Gasteiger partial charge is 0.344 e. The molecule has 0 saturated heterocycles. The number of hydrogen-bond donors (Lipinski definition) is 0. The second-order valence-corrected chi connectivity index (χ2v) is 7.88. The van der Waals surface area contributed by atoms with Gasteiger partial charge >= 0.3 is 0 Å². The predicted molar refractivity (Wildman–Crippen MR) is 110 cm³/mol. The summed E-state index contributed by atoms with van der Waals surface area (Å²) in [6, 6.07) is 21.8. The molecule has 0 bridgehead atoms. The summed E-state index contributed by atoms with van der Waals surface area (Å²) < 4.78 is 14.1. The summed E-state index contributed by atoms with van der Waals surface area (Å²) in [5.74, 6) is -0.205. The molecule has 1 heterocycles. The van der Waals surface area contributed by atoms with Crippen molar-refractivity contribution in [2.24, 2.45) is 0 Å². The normalized spacial score (nSPS) is 14.7. The quantitative estimate of drug-likeness (QED) is 0.462. The molecule has 26 heavy (non-hydrogen) atoms. The molecule has 0 spiro atoms. The van der Waals surface area contributed by atoms with Gasteiger partial charge in [0.25, 0.3) is 0 Å². The maximum Gasteiger partial charge on any atom is 0.123 e. The molecule has 1 nitrogen and oxygen atoms in total. The molecule has 0 fully saturated rings. The first-order valence-corrected chi connectivity index (χ1v) is 9.44. The van der Waals surface area contributed by atoms with Crippen molar-refractivity contribution < 1.29 is 4.39 Å². The van der Waals surface area contributed by atoms with Gasteiger partial charge in [-0.05, 0) is 61.2 Å². The van der Waals surface area contributed by atoms with E-state index in [4.69, 9.17) is 0 Å². The molecule has 0 N–H and O–H groups in total. The average Bonchev–Trinajstić information content (AvgIpc) is 2.62. The highest BCUT2D eigenvalue weighted by atomic mass is 32.2. The van der Waals surface area contributed by atoms with E-state index < -0.39 is 0 Å².